The van der Waals surface area contributed by atoms with Crippen molar-refractivity contribution in [3.05, 3.63) is 77.4 Å². The standard InChI is InChI=1S/C23H16F2N2O3/c24-23(25,13-5-2-1-3-6-13)16-9-10-17-20-14(16)7-4-8-15(20)22(30)27(17)18-11-12-19(28)26-21(18)29/h1-10,18H,11-12H2,(H,26,28,29). The minimum absolute atomic E-state index is 0.115. The van der Waals surface area contributed by atoms with Gasteiger partial charge in [0.15, 0.2) is 0 Å². The normalized spacial score (nSPS) is 18.8. The second kappa shape index (κ2) is 6.45. The van der Waals surface area contributed by atoms with Crippen molar-refractivity contribution in [2.75, 3.05) is 4.90 Å². The Balaban J connectivity index is 1.68. The molecule has 0 aromatic heterocycles. The number of alkyl halides is 2. The average molecular weight is 406 g/mol. The van der Waals surface area contributed by atoms with Crippen LogP contribution in [0.25, 0.3) is 10.8 Å². The van der Waals surface area contributed by atoms with E-state index in [0.717, 1.165) is 0 Å². The number of amides is 3. The van der Waals surface area contributed by atoms with Crippen molar-refractivity contribution in [3.8, 4) is 0 Å². The molecule has 3 aromatic rings. The Bertz CT molecular complexity index is 1220. The van der Waals surface area contributed by atoms with Crippen molar-refractivity contribution in [2.24, 2.45) is 0 Å². The van der Waals surface area contributed by atoms with E-state index in [2.05, 4.69) is 5.32 Å². The van der Waals surface area contributed by atoms with Gasteiger partial charge in [0.1, 0.15) is 6.04 Å². The van der Waals surface area contributed by atoms with Crippen LogP contribution in [0.5, 0.6) is 0 Å². The van der Waals surface area contributed by atoms with E-state index < -0.39 is 23.8 Å². The monoisotopic (exact) mass is 406 g/mol. The summed E-state index contributed by atoms with van der Waals surface area (Å²) < 4.78 is 30.7. The van der Waals surface area contributed by atoms with Gasteiger partial charge in [0.25, 0.3) is 11.8 Å². The van der Waals surface area contributed by atoms with E-state index in [1.807, 2.05) is 0 Å². The maximum Gasteiger partial charge on any atom is 0.299 e. The molecule has 3 aromatic carbocycles. The highest BCUT2D eigenvalue weighted by Crippen LogP contribution is 2.46. The molecule has 0 radical (unpaired) electrons. The van der Waals surface area contributed by atoms with Crippen LogP contribution in [0, 0.1) is 0 Å². The summed E-state index contributed by atoms with van der Waals surface area (Å²) in [5, 5.41) is 2.92. The van der Waals surface area contributed by atoms with Gasteiger partial charge in [0.05, 0.1) is 5.69 Å². The fraction of sp³-hybridized carbons (Fsp3) is 0.174. The first-order chi connectivity index (χ1) is 14.4. The number of hydrogen-bond acceptors (Lipinski definition) is 3. The first kappa shape index (κ1) is 18.4. The molecular weight excluding hydrogens is 390 g/mol. The van der Waals surface area contributed by atoms with Gasteiger partial charge in [-0.1, -0.05) is 42.5 Å². The molecule has 1 unspecified atom stereocenters. The van der Waals surface area contributed by atoms with Crippen LogP contribution < -0.4 is 10.2 Å². The fourth-order valence-corrected chi connectivity index (χ4v) is 4.32. The molecule has 7 heteroatoms. The van der Waals surface area contributed by atoms with Crippen LogP contribution >= 0.6 is 0 Å². The van der Waals surface area contributed by atoms with E-state index >= 15 is 8.78 Å². The van der Waals surface area contributed by atoms with E-state index in [-0.39, 0.29) is 40.8 Å². The summed E-state index contributed by atoms with van der Waals surface area (Å²) in [6.07, 6.45) is 0.303. The molecule has 2 aliphatic heterocycles. The number of imide groups is 1. The molecule has 1 atom stereocenters. The van der Waals surface area contributed by atoms with Gasteiger partial charge in [-0.3, -0.25) is 24.6 Å². The Hall–Kier alpha value is -3.61. The largest absolute Gasteiger partial charge is 0.299 e. The fourth-order valence-electron chi connectivity index (χ4n) is 4.32. The Morgan fingerprint density at radius 1 is 0.933 bits per heavy atom. The van der Waals surface area contributed by atoms with Gasteiger partial charge in [-0.25, -0.2) is 0 Å². The minimum Gasteiger partial charge on any atom is -0.295 e. The van der Waals surface area contributed by atoms with Crippen LogP contribution in [0.1, 0.15) is 34.3 Å². The van der Waals surface area contributed by atoms with Gasteiger partial charge < -0.3 is 0 Å². The van der Waals surface area contributed by atoms with Crippen molar-refractivity contribution in [1.29, 1.82) is 0 Å². The highest BCUT2D eigenvalue weighted by Gasteiger charge is 2.43. The van der Waals surface area contributed by atoms with Gasteiger partial charge in [-0.15, -0.1) is 0 Å². The molecule has 1 saturated heterocycles. The quantitative estimate of drug-likeness (QED) is 0.674. The molecule has 3 amide bonds. The molecule has 0 spiro atoms. The van der Waals surface area contributed by atoms with E-state index in [9.17, 15) is 14.4 Å². The maximum absolute atomic E-state index is 15.4. The van der Waals surface area contributed by atoms with Crippen LogP contribution in [0.3, 0.4) is 0 Å². The third-order valence-electron chi connectivity index (χ3n) is 5.72. The lowest BCUT2D eigenvalue weighted by Crippen LogP contribution is -2.53. The van der Waals surface area contributed by atoms with Gasteiger partial charge in [0, 0.05) is 28.5 Å². The highest BCUT2D eigenvalue weighted by molar-refractivity contribution is 6.27. The zero-order chi connectivity index (χ0) is 21.0. The molecule has 0 saturated carbocycles. The number of nitrogens with one attached hydrogen (secondary N) is 1. The maximum atomic E-state index is 15.4. The molecule has 5 nitrogen and oxygen atoms in total. The smallest absolute Gasteiger partial charge is 0.295 e. The van der Waals surface area contributed by atoms with Crippen LogP contribution in [0.15, 0.2) is 60.7 Å². The van der Waals surface area contributed by atoms with Crippen LogP contribution in [0.2, 0.25) is 0 Å². The highest BCUT2D eigenvalue weighted by atomic mass is 19.3. The Kier molecular flexibility index (Phi) is 3.96. The summed E-state index contributed by atoms with van der Waals surface area (Å²) in [7, 11) is 0. The Morgan fingerprint density at radius 3 is 2.43 bits per heavy atom. The third-order valence-corrected chi connectivity index (χ3v) is 5.72. The van der Waals surface area contributed by atoms with Crippen LogP contribution in [-0.4, -0.2) is 23.8 Å². The second-order valence-electron chi connectivity index (χ2n) is 7.44. The minimum atomic E-state index is -3.26. The van der Waals surface area contributed by atoms with Gasteiger partial charge in [-0.2, -0.15) is 8.78 Å². The molecule has 2 heterocycles. The van der Waals surface area contributed by atoms with Crippen LogP contribution in [-0.2, 0) is 15.5 Å². The first-order valence-corrected chi connectivity index (χ1v) is 9.56. The number of nitrogens with zero attached hydrogens (tertiary/aromatic N) is 1. The Labute approximate surface area is 170 Å². The number of anilines is 1. The van der Waals surface area contributed by atoms with E-state index in [1.165, 1.54) is 29.2 Å². The van der Waals surface area contributed by atoms with Gasteiger partial charge >= 0.3 is 0 Å². The van der Waals surface area contributed by atoms with Gasteiger partial charge in [-0.05, 0) is 30.0 Å². The molecule has 5 rings (SSSR count). The zero-order valence-electron chi connectivity index (χ0n) is 15.7. The number of carbonyl (C=O) groups is 3. The van der Waals surface area contributed by atoms with Crippen LogP contribution in [0.4, 0.5) is 14.5 Å². The van der Waals surface area contributed by atoms with E-state index in [1.54, 1.807) is 36.4 Å². The third kappa shape index (κ3) is 2.55. The number of halogens is 2. The molecule has 1 fully saturated rings. The predicted molar refractivity (Wildman–Crippen MR) is 106 cm³/mol. The molecule has 150 valence electrons. The zero-order valence-corrected chi connectivity index (χ0v) is 15.7. The summed E-state index contributed by atoms with van der Waals surface area (Å²) in [5.74, 6) is -4.63. The average Bonchev–Trinajstić information content (AvgIpc) is 3.02. The van der Waals surface area contributed by atoms with Gasteiger partial charge in [0.2, 0.25) is 11.8 Å². The molecule has 0 aliphatic carbocycles. The van der Waals surface area contributed by atoms with Crippen molar-refractivity contribution in [3.63, 3.8) is 0 Å². The van der Waals surface area contributed by atoms with Crippen molar-refractivity contribution in [2.45, 2.75) is 24.8 Å². The topological polar surface area (TPSA) is 66.5 Å². The van der Waals surface area contributed by atoms with Crippen molar-refractivity contribution >= 4 is 34.2 Å². The summed E-state index contributed by atoms with van der Waals surface area (Å²) in [4.78, 5) is 38.3. The second-order valence-corrected chi connectivity index (χ2v) is 7.44. The lowest BCUT2D eigenvalue weighted by Gasteiger charge is -2.30. The molecule has 2 aliphatic rings. The SMILES string of the molecule is O=C1CCC(N2C(=O)c3cccc4c(C(F)(F)c5ccccc5)ccc2c34)C(=O)N1. The number of piperidine rings is 1. The number of carbonyl (C=O) groups excluding carboxylic acids is 3. The van der Waals surface area contributed by atoms with Crippen molar-refractivity contribution in [1.82, 2.24) is 5.32 Å². The molecular formula is C23H16F2N2O3. The lowest BCUT2D eigenvalue weighted by atomic mass is 9.93. The lowest BCUT2D eigenvalue weighted by molar-refractivity contribution is -0.134. The Morgan fingerprint density at radius 2 is 1.70 bits per heavy atom. The summed E-state index contributed by atoms with van der Waals surface area (Å²) in [6, 6.07) is 14.1. The predicted octanol–water partition coefficient (Wildman–Crippen LogP) is 3.75. The number of rotatable bonds is 3. The van der Waals surface area contributed by atoms with E-state index in [0.29, 0.717) is 11.1 Å². The molecule has 30 heavy (non-hydrogen) atoms. The molecule has 0 bridgehead atoms. The van der Waals surface area contributed by atoms with E-state index in [4.69, 9.17) is 0 Å². The summed E-state index contributed by atoms with van der Waals surface area (Å²) in [6.45, 7) is 0. The van der Waals surface area contributed by atoms with Crippen molar-refractivity contribution < 1.29 is 23.2 Å². The summed E-state index contributed by atoms with van der Waals surface area (Å²) >= 11 is 0. The molecule has 1 N–H and O–H groups in total. The summed E-state index contributed by atoms with van der Waals surface area (Å²) in [5.41, 5.74) is 0.342. The number of benzene rings is 3. The first-order valence-electron chi connectivity index (χ1n) is 9.56. The number of hydrogen-bond donors (Lipinski definition) is 1.